The summed E-state index contributed by atoms with van der Waals surface area (Å²) in [5, 5.41) is 0. The number of halogens is 1. The minimum absolute atomic E-state index is 0.0214. The first-order valence-electron chi connectivity index (χ1n) is 9.70. The normalized spacial score (nSPS) is 11.7. The summed E-state index contributed by atoms with van der Waals surface area (Å²) in [6.45, 7) is 6.34. The van der Waals surface area contributed by atoms with Gasteiger partial charge in [-0.1, -0.05) is 45.0 Å². The Bertz CT molecular complexity index is 1150. The number of carbonyl (C=O) groups is 1. The highest BCUT2D eigenvalue weighted by molar-refractivity contribution is 7.90. The molecule has 0 bridgehead atoms. The maximum atomic E-state index is 12.9. The molecule has 1 amide bonds. The van der Waals surface area contributed by atoms with Gasteiger partial charge in [-0.25, -0.2) is 17.5 Å². The third kappa shape index (κ3) is 5.92. The first-order chi connectivity index (χ1) is 14.5. The molecule has 3 rings (SSSR count). The van der Waals surface area contributed by atoms with Crippen LogP contribution in [-0.4, -0.2) is 14.3 Å². The van der Waals surface area contributed by atoms with E-state index in [0.29, 0.717) is 5.75 Å². The molecule has 3 aromatic rings. The first-order valence-corrected chi connectivity index (χ1v) is 11.2. The third-order valence-electron chi connectivity index (χ3n) is 4.69. The largest absolute Gasteiger partial charge is 0.489 e. The van der Waals surface area contributed by atoms with E-state index in [9.17, 15) is 17.6 Å². The molecule has 0 atom stereocenters. The van der Waals surface area contributed by atoms with Crippen molar-refractivity contribution in [3.63, 3.8) is 0 Å². The summed E-state index contributed by atoms with van der Waals surface area (Å²) in [5.41, 5.74) is 1.87. The Morgan fingerprint density at radius 3 is 2.03 bits per heavy atom. The van der Waals surface area contributed by atoms with Crippen LogP contribution >= 0.6 is 0 Å². The van der Waals surface area contributed by atoms with Crippen LogP contribution in [-0.2, 0) is 22.0 Å². The maximum absolute atomic E-state index is 12.9. The van der Waals surface area contributed by atoms with Crippen LogP contribution in [0.3, 0.4) is 0 Å². The summed E-state index contributed by atoms with van der Waals surface area (Å²) in [5.74, 6) is -0.550. The molecule has 0 radical (unpaired) electrons. The lowest BCUT2D eigenvalue weighted by atomic mass is 9.87. The molecule has 0 saturated heterocycles. The van der Waals surface area contributed by atoms with Gasteiger partial charge in [-0.3, -0.25) is 4.79 Å². The van der Waals surface area contributed by atoms with Gasteiger partial charge in [0.15, 0.2) is 0 Å². The average Bonchev–Trinajstić information content (AvgIpc) is 2.73. The second kappa shape index (κ2) is 8.89. The highest BCUT2D eigenvalue weighted by Gasteiger charge is 2.20. The van der Waals surface area contributed by atoms with E-state index >= 15 is 0 Å². The van der Waals surface area contributed by atoms with E-state index in [4.69, 9.17) is 4.74 Å². The maximum Gasteiger partial charge on any atom is 0.265 e. The molecule has 0 fully saturated rings. The predicted octanol–water partition coefficient (Wildman–Crippen LogP) is 4.82. The number of rotatable bonds is 6. The number of hydrogen-bond donors (Lipinski definition) is 1. The molecular formula is C24H24FNO4S. The van der Waals surface area contributed by atoms with Crippen molar-refractivity contribution in [2.75, 3.05) is 0 Å². The molecule has 5 nitrogen and oxygen atoms in total. The number of sulfonamides is 1. The van der Waals surface area contributed by atoms with Crippen molar-refractivity contribution in [3.8, 4) is 5.75 Å². The average molecular weight is 442 g/mol. The molecule has 0 aromatic heterocycles. The van der Waals surface area contributed by atoms with E-state index in [1.54, 1.807) is 36.4 Å². The van der Waals surface area contributed by atoms with E-state index in [-0.39, 0.29) is 28.3 Å². The lowest BCUT2D eigenvalue weighted by Gasteiger charge is -2.19. The fraction of sp³-hybridized carbons (Fsp3) is 0.208. The highest BCUT2D eigenvalue weighted by Crippen LogP contribution is 2.23. The van der Waals surface area contributed by atoms with Gasteiger partial charge < -0.3 is 4.74 Å². The van der Waals surface area contributed by atoms with Crippen LogP contribution in [0.15, 0.2) is 77.7 Å². The minimum atomic E-state index is -3.99. The van der Waals surface area contributed by atoms with Gasteiger partial charge in [0.05, 0.1) is 4.90 Å². The molecule has 7 heteroatoms. The van der Waals surface area contributed by atoms with E-state index in [1.807, 2.05) is 20.8 Å². The summed E-state index contributed by atoms with van der Waals surface area (Å²) in [7, 11) is -3.99. The Morgan fingerprint density at radius 1 is 0.903 bits per heavy atom. The van der Waals surface area contributed by atoms with Crippen molar-refractivity contribution in [2.24, 2.45) is 0 Å². The molecule has 0 spiro atoms. The Hall–Kier alpha value is -3.19. The zero-order valence-corrected chi connectivity index (χ0v) is 18.4. The van der Waals surface area contributed by atoms with Crippen LogP contribution in [0.25, 0.3) is 0 Å². The van der Waals surface area contributed by atoms with Gasteiger partial charge >= 0.3 is 0 Å². The molecule has 0 saturated carbocycles. The van der Waals surface area contributed by atoms with Crippen molar-refractivity contribution in [2.45, 2.75) is 37.7 Å². The van der Waals surface area contributed by atoms with E-state index < -0.39 is 15.9 Å². The van der Waals surface area contributed by atoms with Gasteiger partial charge in [0.1, 0.15) is 18.2 Å². The smallest absolute Gasteiger partial charge is 0.265 e. The molecule has 162 valence electrons. The van der Waals surface area contributed by atoms with Crippen LogP contribution < -0.4 is 9.46 Å². The summed E-state index contributed by atoms with van der Waals surface area (Å²) < 4.78 is 45.7. The number of benzene rings is 3. The fourth-order valence-electron chi connectivity index (χ4n) is 2.82. The number of carbonyl (C=O) groups excluding carboxylic acids is 1. The summed E-state index contributed by atoms with van der Waals surface area (Å²) in [6.07, 6.45) is 0. The van der Waals surface area contributed by atoms with E-state index in [2.05, 4.69) is 4.72 Å². The van der Waals surface area contributed by atoms with Crippen LogP contribution in [0.4, 0.5) is 4.39 Å². The summed E-state index contributed by atoms with van der Waals surface area (Å²) >= 11 is 0. The predicted molar refractivity (Wildman–Crippen MR) is 117 cm³/mol. The molecule has 3 aromatic carbocycles. The van der Waals surface area contributed by atoms with Gasteiger partial charge in [-0.15, -0.1) is 0 Å². The topological polar surface area (TPSA) is 72.5 Å². The Balaban J connectivity index is 1.63. The minimum Gasteiger partial charge on any atom is -0.489 e. The molecular weight excluding hydrogens is 417 g/mol. The summed E-state index contributed by atoms with van der Waals surface area (Å²) in [6, 6.07) is 18.5. The van der Waals surface area contributed by atoms with Crippen molar-refractivity contribution in [1.82, 2.24) is 4.72 Å². The molecule has 0 aliphatic carbocycles. The number of nitrogens with one attached hydrogen (secondary N) is 1. The van der Waals surface area contributed by atoms with Gasteiger partial charge in [-0.2, -0.15) is 0 Å². The Morgan fingerprint density at radius 2 is 1.48 bits per heavy atom. The van der Waals surface area contributed by atoms with Crippen molar-refractivity contribution in [3.05, 3.63) is 95.3 Å². The fourth-order valence-corrected chi connectivity index (χ4v) is 3.80. The zero-order chi connectivity index (χ0) is 22.6. The van der Waals surface area contributed by atoms with Crippen LogP contribution in [0.2, 0.25) is 0 Å². The van der Waals surface area contributed by atoms with Crippen LogP contribution in [0.1, 0.15) is 42.3 Å². The number of ether oxygens (including phenoxy) is 1. The SMILES string of the molecule is CC(C)(C)c1ccc(S(=O)(=O)NC(=O)c2ccc(OCc3ccc(F)cc3)cc2)cc1. The molecule has 0 aliphatic heterocycles. The van der Waals surface area contributed by atoms with E-state index in [0.717, 1.165) is 11.1 Å². The zero-order valence-electron chi connectivity index (χ0n) is 17.6. The molecule has 0 unspecified atom stereocenters. The quantitative estimate of drug-likeness (QED) is 0.595. The van der Waals surface area contributed by atoms with E-state index in [1.165, 1.54) is 36.4 Å². The standard InChI is InChI=1S/C24H24FNO4S/c1-24(2,3)19-8-14-22(15-9-19)31(28,29)26-23(27)18-6-12-21(13-7-18)30-16-17-4-10-20(25)11-5-17/h4-15H,16H2,1-3H3,(H,26,27). The molecule has 0 heterocycles. The molecule has 0 aliphatic rings. The van der Waals surface area contributed by atoms with Crippen molar-refractivity contribution < 1.29 is 22.3 Å². The Labute approximate surface area is 181 Å². The van der Waals surface area contributed by atoms with Crippen molar-refractivity contribution >= 4 is 15.9 Å². The lowest BCUT2D eigenvalue weighted by Crippen LogP contribution is -2.30. The number of amides is 1. The van der Waals surface area contributed by atoms with Gasteiger partial charge in [0, 0.05) is 5.56 Å². The Kier molecular flexibility index (Phi) is 6.45. The number of hydrogen-bond acceptors (Lipinski definition) is 4. The second-order valence-electron chi connectivity index (χ2n) is 8.15. The molecule has 1 N–H and O–H groups in total. The molecule has 31 heavy (non-hydrogen) atoms. The lowest BCUT2D eigenvalue weighted by molar-refractivity contribution is 0.0981. The van der Waals surface area contributed by atoms with Crippen molar-refractivity contribution in [1.29, 1.82) is 0 Å². The second-order valence-corrected chi connectivity index (χ2v) is 9.83. The van der Waals surface area contributed by atoms with Gasteiger partial charge in [0.25, 0.3) is 15.9 Å². The highest BCUT2D eigenvalue weighted by atomic mass is 32.2. The van der Waals surface area contributed by atoms with Crippen LogP contribution in [0, 0.1) is 5.82 Å². The van der Waals surface area contributed by atoms with Gasteiger partial charge in [-0.05, 0) is 65.1 Å². The van der Waals surface area contributed by atoms with Gasteiger partial charge in [0.2, 0.25) is 0 Å². The third-order valence-corrected chi connectivity index (χ3v) is 6.04. The first kappa shape index (κ1) is 22.5. The van der Waals surface area contributed by atoms with Crippen LogP contribution in [0.5, 0.6) is 5.75 Å². The summed E-state index contributed by atoms with van der Waals surface area (Å²) in [4.78, 5) is 12.4. The monoisotopic (exact) mass is 441 g/mol.